The van der Waals surface area contributed by atoms with Gasteiger partial charge in [0.25, 0.3) is 0 Å². The highest BCUT2D eigenvalue weighted by atomic mass is 35.5. The van der Waals surface area contributed by atoms with Crippen LogP contribution in [0.25, 0.3) is 6.08 Å². The first-order valence-corrected chi connectivity index (χ1v) is 10.0. The highest BCUT2D eigenvalue weighted by molar-refractivity contribution is 6.30. The van der Waals surface area contributed by atoms with Crippen LogP contribution in [0.1, 0.15) is 44.1 Å². The molecule has 26 heavy (non-hydrogen) atoms. The number of carbonyl (C=O) groups excluding carboxylic acids is 2. The number of hydrogen-bond donors (Lipinski definition) is 0. The van der Waals surface area contributed by atoms with Crippen LogP contribution < -0.4 is 0 Å². The van der Waals surface area contributed by atoms with E-state index in [4.69, 9.17) is 11.6 Å². The Bertz CT molecular complexity index is 658. The number of rotatable bonds is 3. The third-order valence-corrected chi connectivity index (χ3v) is 5.58. The van der Waals surface area contributed by atoms with Crippen molar-refractivity contribution in [1.29, 1.82) is 0 Å². The first-order chi connectivity index (χ1) is 12.6. The van der Waals surface area contributed by atoms with Gasteiger partial charge < -0.3 is 9.80 Å². The summed E-state index contributed by atoms with van der Waals surface area (Å²) in [5, 5.41) is 0.660. The standard InChI is InChI=1S/C21H27ClN2O2/c22-19-7-5-6-17(16-19)8-9-20(25)23-14-10-18(11-15-23)21(26)24-12-3-1-2-4-13-24/h5-9,16,18H,1-4,10-15H2. The molecule has 2 aliphatic rings. The molecule has 1 aromatic carbocycles. The van der Waals surface area contributed by atoms with E-state index in [2.05, 4.69) is 0 Å². The summed E-state index contributed by atoms with van der Waals surface area (Å²) in [5.41, 5.74) is 0.914. The third kappa shape index (κ3) is 5.10. The zero-order chi connectivity index (χ0) is 18.4. The summed E-state index contributed by atoms with van der Waals surface area (Å²) in [6.07, 6.45) is 9.64. The number of piperidine rings is 1. The van der Waals surface area contributed by atoms with Gasteiger partial charge in [-0.15, -0.1) is 0 Å². The maximum Gasteiger partial charge on any atom is 0.246 e. The summed E-state index contributed by atoms with van der Waals surface area (Å²) in [4.78, 5) is 29.0. The van der Waals surface area contributed by atoms with Crippen LogP contribution in [0.4, 0.5) is 0 Å². The molecule has 1 aromatic rings. The number of carbonyl (C=O) groups is 2. The molecule has 0 aliphatic carbocycles. The van der Waals surface area contributed by atoms with Gasteiger partial charge in [-0.25, -0.2) is 0 Å². The molecule has 0 atom stereocenters. The zero-order valence-electron chi connectivity index (χ0n) is 15.2. The van der Waals surface area contributed by atoms with Crippen molar-refractivity contribution >= 4 is 29.5 Å². The van der Waals surface area contributed by atoms with Crippen LogP contribution in [0.15, 0.2) is 30.3 Å². The van der Waals surface area contributed by atoms with Gasteiger partial charge in [-0.1, -0.05) is 36.6 Å². The Morgan fingerprint density at radius 3 is 2.31 bits per heavy atom. The predicted molar refractivity (Wildman–Crippen MR) is 105 cm³/mol. The summed E-state index contributed by atoms with van der Waals surface area (Å²) < 4.78 is 0. The van der Waals surface area contributed by atoms with E-state index < -0.39 is 0 Å². The molecule has 0 saturated carbocycles. The van der Waals surface area contributed by atoms with E-state index in [1.807, 2.05) is 34.1 Å². The maximum absolute atomic E-state index is 12.7. The number of hydrogen-bond acceptors (Lipinski definition) is 2. The second kappa shape index (κ2) is 9.22. The minimum Gasteiger partial charge on any atom is -0.342 e. The van der Waals surface area contributed by atoms with Crippen molar-refractivity contribution in [3.63, 3.8) is 0 Å². The van der Waals surface area contributed by atoms with Crippen molar-refractivity contribution < 1.29 is 9.59 Å². The van der Waals surface area contributed by atoms with E-state index in [0.717, 1.165) is 44.3 Å². The van der Waals surface area contributed by atoms with Gasteiger partial charge in [-0.2, -0.15) is 0 Å². The van der Waals surface area contributed by atoms with E-state index in [1.165, 1.54) is 12.8 Å². The van der Waals surface area contributed by atoms with Crippen LogP contribution >= 0.6 is 11.6 Å². The number of benzene rings is 1. The highest BCUT2D eigenvalue weighted by Crippen LogP contribution is 2.22. The van der Waals surface area contributed by atoms with Crippen LogP contribution in [-0.2, 0) is 9.59 Å². The highest BCUT2D eigenvalue weighted by Gasteiger charge is 2.29. The molecule has 0 radical (unpaired) electrons. The number of nitrogens with zero attached hydrogens (tertiary/aromatic N) is 2. The van der Waals surface area contributed by atoms with Crippen molar-refractivity contribution in [3.05, 3.63) is 40.9 Å². The fourth-order valence-corrected chi connectivity index (χ4v) is 3.98. The van der Waals surface area contributed by atoms with Crippen LogP contribution in [0.3, 0.4) is 0 Å². The third-order valence-electron chi connectivity index (χ3n) is 5.34. The monoisotopic (exact) mass is 374 g/mol. The molecule has 2 heterocycles. The van der Waals surface area contributed by atoms with Crippen molar-refractivity contribution in [1.82, 2.24) is 9.80 Å². The molecule has 0 spiro atoms. The molecule has 0 aromatic heterocycles. The minimum atomic E-state index is 0.00523. The first kappa shape index (κ1) is 19.0. The second-order valence-electron chi connectivity index (χ2n) is 7.23. The average Bonchev–Trinajstić information content (AvgIpc) is 2.95. The van der Waals surface area contributed by atoms with Gasteiger partial charge in [-0.05, 0) is 49.5 Å². The Morgan fingerprint density at radius 1 is 0.962 bits per heavy atom. The SMILES string of the molecule is O=C(C=Cc1cccc(Cl)c1)N1CCC(C(=O)N2CCCCCC2)CC1. The van der Waals surface area contributed by atoms with Crippen LogP contribution in [0.5, 0.6) is 0 Å². The lowest BCUT2D eigenvalue weighted by Gasteiger charge is -2.33. The predicted octanol–water partition coefficient (Wildman–Crippen LogP) is 3.99. The van der Waals surface area contributed by atoms with Crippen LogP contribution in [0, 0.1) is 5.92 Å². The van der Waals surface area contributed by atoms with Crippen molar-refractivity contribution in [3.8, 4) is 0 Å². The first-order valence-electron chi connectivity index (χ1n) is 9.65. The molecule has 2 aliphatic heterocycles. The molecule has 4 nitrogen and oxygen atoms in total. The lowest BCUT2D eigenvalue weighted by Crippen LogP contribution is -2.44. The molecule has 140 valence electrons. The molecule has 5 heteroatoms. The average molecular weight is 375 g/mol. The molecular weight excluding hydrogens is 348 g/mol. The van der Waals surface area contributed by atoms with Gasteiger partial charge in [0.05, 0.1) is 0 Å². The fourth-order valence-electron chi connectivity index (χ4n) is 3.78. The molecule has 0 unspecified atom stereocenters. The topological polar surface area (TPSA) is 40.6 Å². The Balaban J connectivity index is 1.49. The van der Waals surface area contributed by atoms with Crippen LogP contribution in [-0.4, -0.2) is 47.8 Å². The van der Waals surface area contributed by atoms with Crippen molar-refractivity contribution in [2.75, 3.05) is 26.2 Å². The second-order valence-corrected chi connectivity index (χ2v) is 7.66. The van der Waals surface area contributed by atoms with Crippen molar-refractivity contribution in [2.24, 2.45) is 5.92 Å². The molecule has 2 fully saturated rings. The van der Waals surface area contributed by atoms with E-state index in [0.29, 0.717) is 24.0 Å². The maximum atomic E-state index is 12.7. The smallest absolute Gasteiger partial charge is 0.246 e. The molecule has 2 saturated heterocycles. The molecule has 0 N–H and O–H groups in total. The van der Waals surface area contributed by atoms with Gasteiger partial charge in [-0.3, -0.25) is 9.59 Å². The van der Waals surface area contributed by atoms with Crippen LogP contribution in [0.2, 0.25) is 5.02 Å². The van der Waals surface area contributed by atoms with Gasteiger partial charge in [0.2, 0.25) is 11.8 Å². The summed E-state index contributed by atoms with van der Waals surface area (Å²) in [6, 6.07) is 7.43. The summed E-state index contributed by atoms with van der Waals surface area (Å²) >= 11 is 5.96. The lowest BCUT2D eigenvalue weighted by molar-refractivity contribution is -0.139. The summed E-state index contributed by atoms with van der Waals surface area (Å²) in [6.45, 7) is 3.12. The number of amides is 2. The van der Waals surface area contributed by atoms with E-state index >= 15 is 0 Å². The van der Waals surface area contributed by atoms with Gasteiger partial charge >= 0.3 is 0 Å². The van der Waals surface area contributed by atoms with Gasteiger partial charge in [0.1, 0.15) is 0 Å². The van der Waals surface area contributed by atoms with Gasteiger partial charge in [0, 0.05) is 43.2 Å². The Labute approximate surface area is 160 Å². The van der Waals surface area contributed by atoms with E-state index in [-0.39, 0.29) is 11.8 Å². The quantitative estimate of drug-likeness (QED) is 0.750. The summed E-state index contributed by atoms with van der Waals surface area (Å²) in [5.74, 6) is 0.383. The normalized spacial score (nSPS) is 19.6. The minimum absolute atomic E-state index is 0.00523. The Morgan fingerprint density at radius 2 is 1.65 bits per heavy atom. The number of likely N-dealkylation sites (tertiary alicyclic amines) is 2. The lowest BCUT2D eigenvalue weighted by atomic mass is 9.95. The zero-order valence-corrected chi connectivity index (χ0v) is 16.0. The summed E-state index contributed by atoms with van der Waals surface area (Å²) in [7, 11) is 0. The molecule has 0 bridgehead atoms. The molecule has 3 rings (SSSR count). The van der Waals surface area contributed by atoms with Crippen molar-refractivity contribution in [2.45, 2.75) is 38.5 Å². The number of halogens is 1. The van der Waals surface area contributed by atoms with E-state index in [1.54, 1.807) is 12.2 Å². The Kier molecular flexibility index (Phi) is 6.73. The molecular formula is C21H27ClN2O2. The molecule has 2 amide bonds. The fraction of sp³-hybridized carbons (Fsp3) is 0.524. The van der Waals surface area contributed by atoms with E-state index in [9.17, 15) is 9.59 Å². The Hall–Kier alpha value is -1.81. The van der Waals surface area contributed by atoms with Gasteiger partial charge in [0.15, 0.2) is 0 Å². The largest absolute Gasteiger partial charge is 0.342 e.